The second-order valence-corrected chi connectivity index (χ2v) is 7.55. The lowest BCUT2D eigenvalue weighted by molar-refractivity contribution is -0.116. The number of aromatic nitrogens is 3. The summed E-state index contributed by atoms with van der Waals surface area (Å²) in [5.41, 5.74) is 3.85. The first-order chi connectivity index (χ1) is 17.1. The summed E-state index contributed by atoms with van der Waals surface area (Å²) in [6.07, 6.45) is 5.04. The van der Waals surface area contributed by atoms with Gasteiger partial charge in [-0.2, -0.15) is 5.26 Å². The van der Waals surface area contributed by atoms with Crippen LogP contribution < -0.4 is 14.8 Å². The van der Waals surface area contributed by atoms with Gasteiger partial charge in [-0.05, 0) is 53.6 Å². The van der Waals surface area contributed by atoms with E-state index in [0.717, 1.165) is 16.8 Å². The number of nitrogens with one attached hydrogen (secondary N) is 1. The van der Waals surface area contributed by atoms with Crippen molar-refractivity contribution in [3.8, 4) is 23.3 Å². The molecule has 1 heterocycles. The first-order valence-electron chi connectivity index (χ1n) is 10.9. The van der Waals surface area contributed by atoms with Crippen LogP contribution in [0.5, 0.6) is 11.5 Å². The van der Waals surface area contributed by atoms with Gasteiger partial charge in [0.05, 0.1) is 30.6 Å². The third kappa shape index (κ3) is 6.33. The molecule has 0 saturated carbocycles. The Hall–Kier alpha value is -4.90. The minimum atomic E-state index is -0.182. The summed E-state index contributed by atoms with van der Waals surface area (Å²) in [6.45, 7) is 0.556. The van der Waals surface area contributed by atoms with Gasteiger partial charge in [0.1, 0.15) is 12.3 Å². The zero-order valence-corrected chi connectivity index (χ0v) is 19.1. The first kappa shape index (κ1) is 23.3. The van der Waals surface area contributed by atoms with Crippen LogP contribution >= 0.6 is 0 Å². The standard InChI is InChI=1S/C27H23N5O3/c1-34-26-15-22(17-29-27(33)14-10-20-5-3-2-4-6-20)9-13-25(26)35-19-23-18-32(31-30-23)24-11-7-21(16-28)8-12-24/h2-15,18H,17,19H2,1H3,(H,29,33)/b14-10+. The highest BCUT2D eigenvalue weighted by molar-refractivity contribution is 5.91. The summed E-state index contributed by atoms with van der Waals surface area (Å²) in [5.74, 6) is 0.925. The van der Waals surface area contributed by atoms with Crippen LogP contribution in [0.25, 0.3) is 11.8 Å². The quantitative estimate of drug-likeness (QED) is 0.374. The molecule has 4 rings (SSSR count). The van der Waals surface area contributed by atoms with Crippen molar-refractivity contribution < 1.29 is 14.3 Å². The summed E-state index contributed by atoms with van der Waals surface area (Å²) in [4.78, 5) is 12.1. The van der Waals surface area contributed by atoms with Crippen molar-refractivity contribution in [3.05, 3.63) is 107 Å². The Morgan fingerprint density at radius 2 is 1.89 bits per heavy atom. The highest BCUT2D eigenvalue weighted by Crippen LogP contribution is 2.28. The van der Waals surface area contributed by atoms with Gasteiger partial charge in [0, 0.05) is 12.6 Å². The lowest BCUT2D eigenvalue weighted by Gasteiger charge is -2.11. The number of hydrogen-bond acceptors (Lipinski definition) is 6. The molecule has 0 fully saturated rings. The molecule has 4 aromatic rings. The van der Waals surface area contributed by atoms with E-state index in [4.69, 9.17) is 14.7 Å². The predicted octanol–water partition coefficient (Wildman–Crippen LogP) is 4.06. The number of benzene rings is 3. The molecule has 0 saturated heterocycles. The van der Waals surface area contributed by atoms with Crippen molar-refractivity contribution in [2.75, 3.05) is 7.11 Å². The molecule has 35 heavy (non-hydrogen) atoms. The first-order valence-corrected chi connectivity index (χ1v) is 10.9. The van der Waals surface area contributed by atoms with Gasteiger partial charge in [-0.25, -0.2) is 4.68 Å². The fourth-order valence-electron chi connectivity index (χ4n) is 3.26. The molecule has 0 unspecified atom stereocenters. The Morgan fingerprint density at radius 3 is 2.63 bits per heavy atom. The van der Waals surface area contributed by atoms with E-state index in [1.807, 2.05) is 42.5 Å². The average molecular weight is 466 g/mol. The molecule has 0 aliphatic rings. The molecule has 0 aliphatic carbocycles. The molecular weight excluding hydrogens is 442 g/mol. The molecule has 0 aliphatic heterocycles. The van der Waals surface area contributed by atoms with E-state index in [-0.39, 0.29) is 12.5 Å². The maximum atomic E-state index is 12.1. The zero-order chi connectivity index (χ0) is 24.5. The highest BCUT2D eigenvalue weighted by atomic mass is 16.5. The average Bonchev–Trinajstić information content (AvgIpc) is 3.39. The predicted molar refractivity (Wildman–Crippen MR) is 131 cm³/mol. The van der Waals surface area contributed by atoms with E-state index in [1.165, 1.54) is 6.08 Å². The monoisotopic (exact) mass is 465 g/mol. The van der Waals surface area contributed by atoms with Crippen molar-refractivity contribution in [3.63, 3.8) is 0 Å². The van der Waals surface area contributed by atoms with Crippen LogP contribution in [-0.2, 0) is 17.9 Å². The number of ether oxygens (including phenoxy) is 2. The SMILES string of the molecule is COc1cc(CNC(=O)/C=C/c2ccccc2)ccc1OCc1cn(-c2ccc(C#N)cc2)nn1. The molecule has 0 bridgehead atoms. The van der Waals surface area contributed by atoms with Crippen molar-refractivity contribution in [1.29, 1.82) is 5.26 Å². The van der Waals surface area contributed by atoms with Crippen LogP contribution in [0.15, 0.2) is 85.1 Å². The van der Waals surface area contributed by atoms with Gasteiger partial charge in [-0.1, -0.05) is 41.6 Å². The van der Waals surface area contributed by atoms with Gasteiger partial charge in [0.25, 0.3) is 0 Å². The Morgan fingerprint density at radius 1 is 1.09 bits per heavy atom. The van der Waals surface area contributed by atoms with E-state index in [2.05, 4.69) is 21.7 Å². The van der Waals surface area contributed by atoms with E-state index < -0.39 is 0 Å². The molecule has 1 aromatic heterocycles. The maximum Gasteiger partial charge on any atom is 0.244 e. The third-order valence-corrected chi connectivity index (χ3v) is 5.10. The highest BCUT2D eigenvalue weighted by Gasteiger charge is 2.09. The van der Waals surface area contributed by atoms with Crippen LogP contribution in [0.3, 0.4) is 0 Å². The molecule has 0 atom stereocenters. The fraction of sp³-hybridized carbons (Fsp3) is 0.111. The topological polar surface area (TPSA) is 102 Å². The van der Waals surface area contributed by atoms with Crippen LogP contribution in [0.2, 0.25) is 0 Å². The van der Waals surface area contributed by atoms with Gasteiger partial charge < -0.3 is 14.8 Å². The van der Waals surface area contributed by atoms with Crippen LogP contribution in [0, 0.1) is 11.3 Å². The molecule has 1 amide bonds. The van der Waals surface area contributed by atoms with E-state index in [0.29, 0.717) is 29.3 Å². The van der Waals surface area contributed by atoms with Crippen LogP contribution in [0.4, 0.5) is 0 Å². The molecule has 0 spiro atoms. The summed E-state index contributed by atoms with van der Waals surface area (Å²) < 4.78 is 13.0. The second kappa shape index (κ2) is 11.3. The van der Waals surface area contributed by atoms with E-state index in [1.54, 1.807) is 54.4 Å². The second-order valence-electron chi connectivity index (χ2n) is 7.55. The van der Waals surface area contributed by atoms with Gasteiger partial charge in [0.15, 0.2) is 11.5 Å². The summed E-state index contributed by atoms with van der Waals surface area (Å²) in [7, 11) is 1.56. The Kier molecular flexibility index (Phi) is 7.51. The summed E-state index contributed by atoms with van der Waals surface area (Å²) in [6, 6.07) is 24.3. The van der Waals surface area contributed by atoms with E-state index in [9.17, 15) is 4.79 Å². The molecule has 3 aromatic carbocycles. The molecule has 174 valence electrons. The van der Waals surface area contributed by atoms with Crippen molar-refractivity contribution in [2.45, 2.75) is 13.2 Å². The molecule has 0 radical (unpaired) electrons. The van der Waals surface area contributed by atoms with Gasteiger partial charge in [0.2, 0.25) is 5.91 Å². The van der Waals surface area contributed by atoms with Crippen molar-refractivity contribution >= 4 is 12.0 Å². The largest absolute Gasteiger partial charge is 0.493 e. The molecule has 1 N–H and O–H groups in total. The summed E-state index contributed by atoms with van der Waals surface area (Å²) >= 11 is 0. The molecule has 8 nitrogen and oxygen atoms in total. The third-order valence-electron chi connectivity index (χ3n) is 5.10. The van der Waals surface area contributed by atoms with Crippen LogP contribution in [-0.4, -0.2) is 28.0 Å². The maximum absolute atomic E-state index is 12.1. The minimum Gasteiger partial charge on any atom is -0.493 e. The van der Waals surface area contributed by atoms with Crippen molar-refractivity contribution in [2.24, 2.45) is 0 Å². The normalized spacial score (nSPS) is 10.6. The number of nitriles is 1. The number of carbonyl (C=O) groups excluding carboxylic acids is 1. The van der Waals surface area contributed by atoms with Gasteiger partial charge in [-0.15, -0.1) is 5.10 Å². The molecule has 8 heteroatoms. The lowest BCUT2D eigenvalue weighted by atomic mass is 10.2. The fourth-order valence-corrected chi connectivity index (χ4v) is 3.26. The smallest absolute Gasteiger partial charge is 0.244 e. The van der Waals surface area contributed by atoms with Gasteiger partial charge in [-0.3, -0.25) is 4.79 Å². The van der Waals surface area contributed by atoms with E-state index >= 15 is 0 Å². The van der Waals surface area contributed by atoms with Crippen molar-refractivity contribution in [1.82, 2.24) is 20.3 Å². The zero-order valence-electron chi connectivity index (χ0n) is 19.1. The number of amides is 1. The minimum absolute atomic E-state index is 0.182. The number of nitrogens with zero attached hydrogens (tertiary/aromatic N) is 4. The van der Waals surface area contributed by atoms with Crippen LogP contribution in [0.1, 0.15) is 22.4 Å². The number of carbonyl (C=O) groups is 1. The lowest BCUT2D eigenvalue weighted by Crippen LogP contribution is -2.20. The Balaban J connectivity index is 1.33. The summed E-state index contributed by atoms with van der Waals surface area (Å²) in [5, 5.41) is 20.0. The number of hydrogen-bond donors (Lipinski definition) is 1. The Bertz CT molecular complexity index is 1360. The number of methoxy groups -OCH3 is 1. The molecular formula is C27H23N5O3. The number of rotatable bonds is 9. The Labute approximate surface area is 203 Å². The van der Waals surface area contributed by atoms with Gasteiger partial charge >= 0.3 is 0 Å².